The van der Waals surface area contributed by atoms with Gasteiger partial charge in [0.25, 0.3) is 5.91 Å². The highest BCUT2D eigenvalue weighted by Gasteiger charge is 2.32. The smallest absolute Gasteiger partial charge is 0.254 e. The van der Waals surface area contributed by atoms with Gasteiger partial charge in [-0.25, -0.2) is 4.39 Å². The van der Waals surface area contributed by atoms with Crippen LogP contribution in [0.25, 0.3) is 11.1 Å². The SMILES string of the molecule is CCN1CCN(C(=O)c2cccc(F)c2)C[C@H](Cc2cccc(-c3ccncc3)c2)C1=O. The number of hydrogen-bond donors (Lipinski definition) is 0. The molecule has 0 unspecified atom stereocenters. The van der Waals surface area contributed by atoms with Gasteiger partial charge in [0.1, 0.15) is 5.82 Å². The first-order valence-corrected chi connectivity index (χ1v) is 10.9. The number of pyridine rings is 1. The fraction of sp³-hybridized carbons (Fsp3) is 0.269. The summed E-state index contributed by atoms with van der Waals surface area (Å²) < 4.78 is 13.7. The molecule has 0 aliphatic carbocycles. The third-order valence-corrected chi connectivity index (χ3v) is 5.90. The molecule has 2 amide bonds. The van der Waals surface area contributed by atoms with Gasteiger partial charge in [0, 0.05) is 44.1 Å². The highest BCUT2D eigenvalue weighted by atomic mass is 19.1. The van der Waals surface area contributed by atoms with Crippen molar-refractivity contribution in [2.24, 2.45) is 5.92 Å². The van der Waals surface area contributed by atoms with Crippen LogP contribution in [0.3, 0.4) is 0 Å². The average Bonchev–Trinajstić information content (AvgIpc) is 2.98. The molecular weight excluding hydrogens is 405 g/mol. The van der Waals surface area contributed by atoms with Gasteiger partial charge in [-0.2, -0.15) is 0 Å². The maximum atomic E-state index is 13.7. The molecule has 0 spiro atoms. The van der Waals surface area contributed by atoms with E-state index in [4.69, 9.17) is 0 Å². The number of amides is 2. The second kappa shape index (κ2) is 9.73. The molecular formula is C26H26FN3O2. The minimum absolute atomic E-state index is 0.0522. The van der Waals surface area contributed by atoms with Gasteiger partial charge in [0.15, 0.2) is 0 Å². The average molecular weight is 432 g/mol. The van der Waals surface area contributed by atoms with Crippen molar-refractivity contribution < 1.29 is 14.0 Å². The Labute approximate surface area is 187 Å². The van der Waals surface area contributed by atoms with E-state index >= 15 is 0 Å². The summed E-state index contributed by atoms with van der Waals surface area (Å²) in [5.74, 6) is -0.994. The minimum Gasteiger partial charge on any atom is -0.341 e. The molecule has 0 radical (unpaired) electrons. The van der Waals surface area contributed by atoms with E-state index in [1.807, 2.05) is 37.3 Å². The highest BCUT2D eigenvalue weighted by Crippen LogP contribution is 2.23. The van der Waals surface area contributed by atoms with Crippen molar-refractivity contribution >= 4 is 11.8 Å². The maximum absolute atomic E-state index is 13.7. The molecule has 5 nitrogen and oxygen atoms in total. The molecule has 1 fully saturated rings. The lowest BCUT2D eigenvalue weighted by molar-refractivity contribution is -0.134. The predicted molar refractivity (Wildman–Crippen MR) is 121 cm³/mol. The van der Waals surface area contributed by atoms with E-state index in [9.17, 15) is 14.0 Å². The predicted octanol–water partition coefficient (Wildman–Crippen LogP) is 4.05. The Balaban J connectivity index is 1.58. The van der Waals surface area contributed by atoms with Gasteiger partial charge < -0.3 is 9.80 Å². The number of carbonyl (C=O) groups is 2. The lowest BCUT2D eigenvalue weighted by atomic mass is 9.95. The zero-order valence-corrected chi connectivity index (χ0v) is 18.1. The Morgan fingerprint density at radius 2 is 1.81 bits per heavy atom. The third-order valence-electron chi connectivity index (χ3n) is 5.90. The van der Waals surface area contributed by atoms with Crippen LogP contribution in [0.2, 0.25) is 0 Å². The first kappa shape index (κ1) is 21.7. The summed E-state index contributed by atoms with van der Waals surface area (Å²) >= 11 is 0. The van der Waals surface area contributed by atoms with Crippen LogP contribution >= 0.6 is 0 Å². The molecule has 2 aromatic carbocycles. The van der Waals surface area contributed by atoms with Crippen molar-refractivity contribution in [3.63, 3.8) is 0 Å². The quantitative estimate of drug-likeness (QED) is 0.612. The molecule has 4 rings (SSSR count). The number of likely N-dealkylation sites (N-methyl/N-ethyl adjacent to an activating group) is 1. The number of halogens is 1. The van der Waals surface area contributed by atoms with Crippen LogP contribution in [0.5, 0.6) is 0 Å². The second-order valence-electron chi connectivity index (χ2n) is 8.02. The molecule has 3 aromatic rings. The molecule has 1 aliphatic rings. The molecule has 6 heteroatoms. The first-order chi connectivity index (χ1) is 15.5. The van der Waals surface area contributed by atoms with E-state index < -0.39 is 5.82 Å². The monoisotopic (exact) mass is 431 g/mol. The van der Waals surface area contributed by atoms with Crippen LogP contribution in [-0.4, -0.2) is 52.8 Å². The van der Waals surface area contributed by atoms with Gasteiger partial charge in [-0.15, -0.1) is 0 Å². The van der Waals surface area contributed by atoms with Crippen molar-refractivity contribution in [3.8, 4) is 11.1 Å². The number of carbonyl (C=O) groups excluding carboxylic acids is 2. The van der Waals surface area contributed by atoms with Crippen LogP contribution in [-0.2, 0) is 11.2 Å². The normalized spacial score (nSPS) is 16.7. The maximum Gasteiger partial charge on any atom is 0.254 e. The van der Waals surface area contributed by atoms with Crippen LogP contribution in [0.15, 0.2) is 73.1 Å². The number of benzene rings is 2. The second-order valence-corrected chi connectivity index (χ2v) is 8.02. The van der Waals surface area contributed by atoms with E-state index in [2.05, 4.69) is 11.1 Å². The van der Waals surface area contributed by atoms with E-state index in [0.29, 0.717) is 38.2 Å². The van der Waals surface area contributed by atoms with Crippen molar-refractivity contribution in [3.05, 3.63) is 90.0 Å². The van der Waals surface area contributed by atoms with Gasteiger partial charge in [-0.3, -0.25) is 14.6 Å². The van der Waals surface area contributed by atoms with Gasteiger partial charge in [-0.1, -0.05) is 30.3 Å². The molecule has 1 saturated heterocycles. The van der Waals surface area contributed by atoms with Gasteiger partial charge >= 0.3 is 0 Å². The summed E-state index contributed by atoms with van der Waals surface area (Å²) in [7, 11) is 0. The Morgan fingerprint density at radius 3 is 2.56 bits per heavy atom. The number of nitrogens with zero attached hydrogens (tertiary/aromatic N) is 3. The van der Waals surface area contributed by atoms with Gasteiger partial charge in [-0.05, 0) is 60.4 Å². The van der Waals surface area contributed by atoms with Crippen molar-refractivity contribution in [2.45, 2.75) is 13.3 Å². The first-order valence-electron chi connectivity index (χ1n) is 10.9. The summed E-state index contributed by atoms with van der Waals surface area (Å²) in [6.45, 7) is 3.76. The fourth-order valence-electron chi connectivity index (χ4n) is 4.21. The largest absolute Gasteiger partial charge is 0.341 e. The zero-order valence-electron chi connectivity index (χ0n) is 18.1. The number of aromatic nitrogens is 1. The van der Waals surface area contributed by atoms with E-state index in [0.717, 1.165) is 16.7 Å². The van der Waals surface area contributed by atoms with E-state index in [1.54, 1.807) is 28.3 Å². The van der Waals surface area contributed by atoms with Crippen LogP contribution in [0.4, 0.5) is 4.39 Å². The third kappa shape index (κ3) is 4.85. The molecule has 0 bridgehead atoms. The van der Waals surface area contributed by atoms with Crippen LogP contribution in [0.1, 0.15) is 22.8 Å². The molecule has 2 heterocycles. The molecule has 1 aromatic heterocycles. The Kier molecular flexibility index (Phi) is 6.59. The fourth-order valence-corrected chi connectivity index (χ4v) is 4.21. The molecule has 1 aliphatic heterocycles. The zero-order chi connectivity index (χ0) is 22.5. The summed E-state index contributed by atoms with van der Waals surface area (Å²) in [5, 5.41) is 0. The minimum atomic E-state index is -0.443. The van der Waals surface area contributed by atoms with Gasteiger partial charge in [0.05, 0.1) is 5.92 Å². The number of hydrogen-bond acceptors (Lipinski definition) is 3. The molecule has 32 heavy (non-hydrogen) atoms. The molecule has 0 saturated carbocycles. The van der Waals surface area contributed by atoms with Crippen molar-refractivity contribution in [2.75, 3.05) is 26.2 Å². The topological polar surface area (TPSA) is 53.5 Å². The molecule has 1 atom stereocenters. The van der Waals surface area contributed by atoms with Crippen molar-refractivity contribution in [1.82, 2.24) is 14.8 Å². The van der Waals surface area contributed by atoms with E-state index in [-0.39, 0.29) is 17.7 Å². The summed E-state index contributed by atoms with van der Waals surface area (Å²) in [6, 6.07) is 17.7. The van der Waals surface area contributed by atoms with Crippen molar-refractivity contribution in [1.29, 1.82) is 0 Å². The lowest BCUT2D eigenvalue weighted by Crippen LogP contribution is -2.38. The standard InChI is InChI=1S/C26H26FN3O2/c1-2-29-13-14-30(25(31)22-7-4-8-24(27)17-22)18-23(26(29)32)16-19-5-3-6-21(15-19)20-9-11-28-12-10-20/h3-12,15,17,23H,2,13-14,16,18H2,1H3/t23-/m0/s1. The Morgan fingerprint density at radius 1 is 1.03 bits per heavy atom. The van der Waals surface area contributed by atoms with Crippen LogP contribution < -0.4 is 0 Å². The summed E-state index contributed by atoms with van der Waals surface area (Å²) in [4.78, 5) is 33.8. The molecule has 164 valence electrons. The number of rotatable bonds is 5. The van der Waals surface area contributed by atoms with E-state index in [1.165, 1.54) is 18.2 Å². The van der Waals surface area contributed by atoms with Crippen LogP contribution in [0, 0.1) is 11.7 Å². The Bertz CT molecular complexity index is 1100. The Hall–Kier alpha value is -3.54. The highest BCUT2D eigenvalue weighted by molar-refractivity contribution is 5.95. The molecule has 0 N–H and O–H groups in total. The summed E-state index contributed by atoms with van der Waals surface area (Å²) in [6.07, 6.45) is 4.04. The van der Waals surface area contributed by atoms with Gasteiger partial charge in [0.2, 0.25) is 5.91 Å². The lowest BCUT2D eigenvalue weighted by Gasteiger charge is -2.24. The summed E-state index contributed by atoms with van der Waals surface area (Å²) in [5.41, 5.74) is 3.47.